The van der Waals surface area contributed by atoms with Crippen LogP contribution in [0.25, 0.3) is 0 Å². The lowest BCUT2D eigenvalue weighted by atomic mass is 10.1. The highest BCUT2D eigenvalue weighted by atomic mass is 16.5. The van der Waals surface area contributed by atoms with Crippen molar-refractivity contribution < 1.29 is 14.3 Å². The maximum atomic E-state index is 11.6. The van der Waals surface area contributed by atoms with Gasteiger partial charge in [0.15, 0.2) is 6.61 Å². The molecule has 0 spiro atoms. The molecule has 6 nitrogen and oxygen atoms in total. The average molecular weight is 303 g/mol. The van der Waals surface area contributed by atoms with E-state index in [2.05, 4.69) is 10.6 Å². The van der Waals surface area contributed by atoms with E-state index in [1.165, 1.54) is 0 Å². The molecule has 1 aromatic rings. The Morgan fingerprint density at radius 1 is 1.18 bits per heavy atom. The molecule has 6 heteroatoms. The Morgan fingerprint density at radius 3 is 2.55 bits per heavy atom. The summed E-state index contributed by atoms with van der Waals surface area (Å²) in [5.41, 5.74) is 1.07. The predicted molar refractivity (Wildman–Crippen MR) is 82.2 cm³/mol. The summed E-state index contributed by atoms with van der Waals surface area (Å²) in [5.74, 6) is 0.228. The maximum absolute atomic E-state index is 11.6. The van der Waals surface area contributed by atoms with E-state index in [1.807, 2.05) is 31.2 Å². The highest BCUT2D eigenvalue weighted by Crippen LogP contribution is 2.17. The fourth-order valence-corrected chi connectivity index (χ4v) is 1.81. The highest BCUT2D eigenvalue weighted by Gasteiger charge is 2.05. The van der Waals surface area contributed by atoms with Crippen molar-refractivity contribution in [3.05, 3.63) is 29.8 Å². The van der Waals surface area contributed by atoms with Crippen molar-refractivity contribution in [2.75, 3.05) is 19.7 Å². The minimum Gasteiger partial charge on any atom is -0.483 e. The number of amides is 2. The minimum atomic E-state index is -0.298. The lowest BCUT2D eigenvalue weighted by Gasteiger charge is -2.10. The quantitative estimate of drug-likeness (QED) is 0.670. The van der Waals surface area contributed by atoms with E-state index in [0.717, 1.165) is 17.7 Å². The first-order valence-corrected chi connectivity index (χ1v) is 7.28. The van der Waals surface area contributed by atoms with E-state index in [0.29, 0.717) is 19.5 Å². The summed E-state index contributed by atoms with van der Waals surface area (Å²) >= 11 is 0. The molecule has 1 aromatic carbocycles. The van der Waals surface area contributed by atoms with Gasteiger partial charge in [0.25, 0.3) is 5.91 Å². The highest BCUT2D eigenvalue weighted by molar-refractivity contribution is 5.78. The van der Waals surface area contributed by atoms with Gasteiger partial charge in [-0.25, -0.2) is 0 Å². The molecule has 0 aromatic heterocycles. The lowest BCUT2D eigenvalue weighted by molar-refractivity contribution is -0.123. The largest absolute Gasteiger partial charge is 0.483 e. The van der Waals surface area contributed by atoms with Gasteiger partial charge < -0.3 is 15.4 Å². The second-order valence-corrected chi connectivity index (χ2v) is 4.64. The fraction of sp³-hybridized carbons (Fsp3) is 0.438. The molecule has 0 atom stereocenters. The van der Waals surface area contributed by atoms with Gasteiger partial charge in [-0.15, -0.1) is 0 Å². The topological polar surface area (TPSA) is 91.2 Å². The van der Waals surface area contributed by atoms with Gasteiger partial charge in [-0.2, -0.15) is 5.26 Å². The molecule has 0 aliphatic carbocycles. The Balaban J connectivity index is 2.16. The SMILES string of the molecule is CCc1ccccc1OCC(=O)NCCCNC(=O)CC#N. The van der Waals surface area contributed by atoms with Crippen LogP contribution in [0.5, 0.6) is 5.75 Å². The van der Waals surface area contributed by atoms with Crippen LogP contribution in [0.1, 0.15) is 25.3 Å². The molecule has 118 valence electrons. The second kappa shape index (κ2) is 10.2. The van der Waals surface area contributed by atoms with Crippen LogP contribution in [0.4, 0.5) is 0 Å². The first-order valence-electron chi connectivity index (χ1n) is 7.28. The molecular formula is C16H21N3O3. The van der Waals surface area contributed by atoms with E-state index in [-0.39, 0.29) is 24.8 Å². The third kappa shape index (κ3) is 6.75. The predicted octanol–water partition coefficient (Wildman–Crippen LogP) is 1.16. The summed E-state index contributed by atoms with van der Waals surface area (Å²) < 4.78 is 5.50. The van der Waals surface area contributed by atoms with E-state index in [4.69, 9.17) is 10.00 Å². The van der Waals surface area contributed by atoms with E-state index in [9.17, 15) is 9.59 Å². The molecule has 0 fully saturated rings. The van der Waals surface area contributed by atoms with Gasteiger partial charge in [-0.1, -0.05) is 25.1 Å². The van der Waals surface area contributed by atoms with E-state index in [1.54, 1.807) is 6.07 Å². The molecule has 22 heavy (non-hydrogen) atoms. The zero-order valence-electron chi connectivity index (χ0n) is 12.7. The van der Waals surface area contributed by atoms with Crippen LogP contribution in [-0.2, 0) is 16.0 Å². The van der Waals surface area contributed by atoms with Gasteiger partial charge in [0, 0.05) is 13.1 Å². The molecule has 0 radical (unpaired) electrons. The number of para-hydroxylation sites is 1. The number of carbonyl (C=O) groups excluding carboxylic acids is 2. The Morgan fingerprint density at radius 2 is 1.86 bits per heavy atom. The van der Waals surface area contributed by atoms with Gasteiger partial charge in [0.1, 0.15) is 12.2 Å². The van der Waals surface area contributed by atoms with Crippen LogP contribution in [0.2, 0.25) is 0 Å². The summed E-state index contributed by atoms with van der Waals surface area (Å²) in [6.07, 6.45) is 1.31. The summed E-state index contributed by atoms with van der Waals surface area (Å²) in [6, 6.07) is 9.39. The number of hydrogen-bond acceptors (Lipinski definition) is 4. The molecule has 0 bridgehead atoms. The molecule has 0 saturated carbocycles. The maximum Gasteiger partial charge on any atom is 0.257 e. The molecule has 1 rings (SSSR count). The fourth-order valence-electron chi connectivity index (χ4n) is 1.81. The number of rotatable bonds is 9. The molecule has 0 aliphatic rings. The summed E-state index contributed by atoms with van der Waals surface area (Å²) in [6.45, 7) is 2.88. The number of carbonyl (C=O) groups is 2. The zero-order valence-corrected chi connectivity index (χ0v) is 12.7. The van der Waals surface area contributed by atoms with Gasteiger partial charge >= 0.3 is 0 Å². The van der Waals surface area contributed by atoms with Crippen LogP contribution in [0.3, 0.4) is 0 Å². The van der Waals surface area contributed by atoms with Crippen LogP contribution in [-0.4, -0.2) is 31.5 Å². The Kier molecular flexibility index (Phi) is 8.13. The van der Waals surface area contributed by atoms with Crippen molar-refractivity contribution in [2.24, 2.45) is 0 Å². The number of benzene rings is 1. The van der Waals surface area contributed by atoms with Crippen molar-refractivity contribution in [3.8, 4) is 11.8 Å². The van der Waals surface area contributed by atoms with Crippen molar-refractivity contribution in [3.63, 3.8) is 0 Å². The van der Waals surface area contributed by atoms with E-state index < -0.39 is 0 Å². The van der Waals surface area contributed by atoms with Crippen molar-refractivity contribution in [1.82, 2.24) is 10.6 Å². The monoisotopic (exact) mass is 303 g/mol. The Hall–Kier alpha value is -2.55. The van der Waals surface area contributed by atoms with Gasteiger partial charge in [-0.05, 0) is 24.5 Å². The molecule has 0 unspecified atom stereocenters. The van der Waals surface area contributed by atoms with Crippen molar-refractivity contribution in [2.45, 2.75) is 26.2 Å². The van der Waals surface area contributed by atoms with Crippen LogP contribution >= 0.6 is 0 Å². The summed E-state index contributed by atoms with van der Waals surface area (Å²) in [7, 11) is 0. The van der Waals surface area contributed by atoms with Crippen LogP contribution in [0.15, 0.2) is 24.3 Å². The summed E-state index contributed by atoms with van der Waals surface area (Å²) in [5, 5.41) is 13.6. The Labute approximate surface area is 130 Å². The number of nitrogens with one attached hydrogen (secondary N) is 2. The second-order valence-electron chi connectivity index (χ2n) is 4.64. The number of aryl methyl sites for hydroxylation is 1. The van der Waals surface area contributed by atoms with Gasteiger partial charge in [0.05, 0.1) is 6.07 Å². The lowest BCUT2D eigenvalue weighted by Crippen LogP contribution is -2.32. The number of hydrogen-bond donors (Lipinski definition) is 2. The smallest absolute Gasteiger partial charge is 0.257 e. The average Bonchev–Trinajstić information content (AvgIpc) is 2.53. The molecule has 2 N–H and O–H groups in total. The third-order valence-corrected chi connectivity index (χ3v) is 2.95. The standard InChI is InChI=1S/C16H21N3O3/c1-2-13-6-3-4-7-14(13)22-12-16(21)19-11-5-10-18-15(20)8-9-17/h3-4,6-7H,2,5,8,10-12H2,1H3,(H,18,20)(H,19,21). The summed E-state index contributed by atoms with van der Waals surface area (Å²) in [4.78, 5) is 22.7. The Bertz CT molecular complexity index is 538. The normalized spacial score (nSPS) is 9.64. The van der Waals surface area contributed by atoms with Crippen LogP contribution < -0.4 is 15.4 Å². The number of nitrogens with zero attached hydrogens (tertiary/aromatic N) is 1. The number of nitriles is 1. The molecule has 2 amide bonds. The first-order chi connectivity index (χ1) is 10.7. The molecule has 0 aliphatic heterocycles. The molecule has 0 heterocycles. The molecule has 0 saturated heterocycles. The van der Waals surface area contributed by atoms with Crippen molar-refractivity contribution >= 4 is 11.8 Å². The third-order valence-electron chi connectivity index (χ3n) is 2.95. The van der Waals surface area contributed by atoms with Crippen LogP contribution in [0, 0.1) is 11.3 Å². The molecular weight excluding hydrogens is 282 g/mol. The van der Waals surface area contributed by atoms with E-state index >= 15 is 0 Å². The van der Waals surface area contributed by atoms with Crippen molar-refractivity contribution in [1.29, 1.82) is 5.26 Å². The minimum absolute atomic E-state index is 0.0300. The van der Waals surface area contributed by atoms with Gasteiger partial charge in [0.2, 0.25) is 5.91 Å². The number of ether oxygens (including phenoxy) is 1. The zero-order chi connectivity index (χ0) is 16.2. The first kappa shape index (κ1) is 17.5. The van der Waals surface area contributed by atoms with Gasteiger partial charge in [-0.3, -0.25) is 9.59 Å².